The predicted molar refractivity (Wildman–Crippen MR) is 130 cm³/mol. The Morgan fingerprint density at radius 2 is 1.72 bits per heavy atom. The molecule has 0 heterocycles. The lowest BCUT2D eigenvalue weighted by atomic mass is 10.0. The van der Waals surface area contributed by atoms with Gasteiger partial charge in [-0.3, -0.25) is 9.10 Å². The van der Waals surface area contributed by atoms with Crippen LogP contribution in [-0.2, 0) is 21.2 Å². The lowest BCUT2D eigenvalue weighted by Crippen LogP contribution is -2.38. The Morgan fingerprint density at radius 1 is 1.03 bits per heavy atom. The van der Waals surface area contributed by atoms with Crippen LogP contribution in [0.4, 0.5) is 5.69 Å². The van der Waals surface area contributed by atoms with Gasteiger partial charge < -0.3 is 10.1 Å². The van der Waals surface area contributed by atoms with Crippen molar-refractivity contribution in [3.63, 3.8) is 0 Å². The van der Waals surface area contributed by atoms with Crippen molar-refractivity contribution in [3.05, 3.63) is 72.3 Å². The number of fused-ring (bicyclic) bond motifs is 1. The molecule has 0 radical (unpaired) electrons. The molecule has 3 rings (SSSR count). The summed E-state index contributed by atoms with van der Waals surface area (Å²) in [4.78, 5) is 12.6. The first-order chi connectivity index (χ1) is 15.3. The molecule has 32 heavy (non-hydrogen) atoms. The monoisotopic (exact) mass is 454 g/mol. The highest BCUT2D eigenvalue weighted by molar-refractivity contribution is 7.92. The summed E-state index contributed by atoms with van der Waals surface area (Å²) in [6.07, 6.45) is 2.79. The van der Waals surface area contributed by atoms with Crippen molar-refractivity contribution < 1.29 is 17.9 Å². The summed E-state index contributed by atoms with van der Waals surface area (Å²) in [7, 11) is -1.83. The minimum absolute atomic E-state index is 0.150. The molecule has 3 aromatic rings. The number of nitrogens with one attached hydrogen (secondary N) is 1. The van der Waals surface area contributed by atoms with Crippen LogP contribution in [-0.4, -0.2) is 40.3 Å². The number of benzene rings is 3. The van der Waals surface area contributed by atoms with E-state index in [1.165, 1.54) is 27.7 Å². The van der Waals surface area contributed by atoms with Crippen LogP contribution in [0.25, 0.3) is 10.8 Å². The zero-order valence-electron chi connectivity index (χ0n) is 18.7. The second-order valence-electron chi connectivity index (χ2n) is 7.77. The predicted octanol–water partition coefficient (Wildman–Crippen LogP) is 4.14. The Labute approximate surface area is 190 Å². The molecule has 0 saturated heterocycles. The fraction of sp³-hybridized carbons (Fsp3) is 0.320. The Bertz CT molecular complexity index is 1150. The van der Waals surface area contributed by atoms with Gasteiger partial charge in [0.15, 0.2) is 6.10 Å². The van der Waals surface area contributed by atoms with E-state index < -0.39 is 16.1 Å². The molecular formula is C25H30N2O4S. The van der Waals surface area contributed by atoms with Crippen molar-refractivity contribution in [3.8, 4) is 5.75 Å². The van der Waals surface area contributed by atoms with E-state index in [0.29, 0.717) is 24.4 Å². The molecule has 1 N–H and O–H groups in total. The first-order valence-corrected chi connectivity index (χ1v) is 12.6. The average molecular weight is 455 g/mol. The van der Waals surface area contributed by atoms with Crippen LogP contribution in [0.5, 0.6) is 5.75 Å². The number of nitrogens with zero attached hydrogens (tertiary/aromatic N) is 1. The summed E-state index contributed by atoms with van der Waals surface area (Å²) < 4.78 is 30.3. The van der Waals surface area contributed by atoms with E-state index in [1.807, 2.05) is 19.1 Å². The molecule has 170 valence electrons. The highest BCUT2D eigenvalue weighted by Gasteiger charge is 2.18. The fourth-order valence-corrected chi connectivity index (χ4v) is 4.03. The molecule has 0 aliphatic carbocycles. The van der Waals surface area contributed by atoms with Crippen LogP contribution >= 0.6 is 0 Å². The number of amides is 1. The number of sulfonamides is 1. The molecule has 0 aliphatic rings. The van der Waals surface area contributed by atoms with E-state index in [9.17, 15) is 13.2 Å². The smallest absolute Gasteiger partial charge is 0.261 e. The van der Waals surface area contributed by atoms with Crippen LogP contribution in [0.1, 0.15) is 25.3 Å². The van der Waals surface area contributed by atoms with E-state index in [-0.39, 0.29) is 5.91 Å². The van der Waals surface area contributed by atoms with Crippen LogP contribution in [0.3, 0.4) is 0 Å². The number of carbonyl (C=O) groups is 1. The van der Waals surface area contributed by atoms with Gasteiger partial charge in [0.1, 0.15) is 5.75 Å². The molecule has 6 nitrogen and oxygen atoms in total. The highest BCUT2D eigenvalue weighted by atomic mass is 32.2. The largest absolute Gasteiger partial charge is 0.481 e. The lowest BCUT2D eigenvalue weighted by molar-refractivity contribution is -0.128. The first kappa shape index (κ1) is 23.6. The summed E-state index contributed by atoms with van der Waals surface area (Å²) >= 11 is 0. The molecule has 1 atom stereocenters. The van der Waals surface area contributed by atoms with Crippen molar-refractivity contribution in [2.45, 2.75) is 32.3 Å². The maximum Gasteiger partial charge on any atom is 0.261 e. The number of hydrogen-bond acceptors (Lipinski definition) is 4. The fourth-order valence-electron chi connectivity index (χ4n) is 3.53. The summed E-state index contributed by atoms with van der Waals surface area (Å²) in [5.41, 5.74) is 1.81. The second-order valence-corrected chi connectivity index (χ2v) is 9.79. The Kier molecular flexibility index (Phi) is 7.75. The van der Waals surface area contributed by atoms with Crippen molar-refractivity contribution in [2.75, 3.05) is 24.2 Å². The zero-order valence-corrected chi connectivity index (χ0v) is 19.6. The molecule has 0 saturated carbocycles. The number of aryl methyl sites for hydroxylation is 1. The van der Waals surface area contributed by atoms with Crippen molar-refractivity contribution >= 4 is 32.4 Å². The van der Waals surface area contributed by atoms with Gasteiger partial charge in [-0.2, -0.15) is 0 Å². The molecule has 0 aromatic heterocycles. The topological polar surface area (TPSA) is 75.7 Å². The number of carbonyl (C=O) groups excluding carboxylic acids is 1. The Balaban J connectivity index is 1.51. The number of anilines is 1. The van der Waals surface area contributed by atoms with Gasteiger partial charge in [-0.15, -0.1) is 0 Å². The number of rotatable bonds is 10. The van der Waals surface area contributed by atoms with Crippen molar-refractivity contribution in [1.29, 1.82) is 0 Å². The summed E-state index contributed by atoms with van der Waals surface area (Å²) in [5, 5.41) is 5.45. The lowest BCUT2D eigenvalue weighted by Gasteiger charge is -2.19. The summed E-state index contributed by atoms with van der Waals surface area (Å²) in [5.74, 6) is 0.371. The van der Waals surface area contributed by atoms with Gasteiger partial charge in [-0.1, -0.05) is 49.4 Å². The quantitative estimate of drug-likeness (QED) is 0.467. The van der Waals surface area contributed by atoms with E-state index in [2.05, 4.69) is 35.6 Å². The summed E-state index contributed by atoms with van der Waals surface area (Å²) in [6.45, 7) is 2.46. The molecule has 0 unspecified atom stereocenters. The van der Waals surface area contributed by atoms with Gasteiger partial charge in [0, 0.05) is 13.6 Å². The van der Waals surface area contributed by atoms with Crippen LogP contribution in [0, 0.1) is 0 Å². The third kappa shape index (κ3) is 6.01. The molecular weight excluding hydrogens is 424 g/mol. The van der Waals surface area contributed by atoms with Crippen LogP contribution in [0.2, 0.25) is 0 Å². The molecule has 3 aromatic carbocycles. The standard InChI is InChI=1S/C25H30N2O4S/c1-4-24(31-22-16-14-21(15-17-22)27(2)32(3,29)30)25(28)26-18-8-12-20-11-7-10-19-9-5-6-13-23(19)20/h5-7,9-11,13-17,24H,4,8,12,18H2,1-3H3,(H,26,28)/t24-/m1/s1. The van der Waals surface area contributed by atoms with Gasteiger partial charge in [0.25, 0.3) is 5.91 Å². The van der Waals surface area contributed by atoms with Gasteiger partial charge >= 0.3 is 0 Å². The van der Waals surface area contributed by atoms with Gasteiger partial charge in [-0.25, -0.2) is 8.42 Å². The average Bonchev–Trinajstić information content (AvgIpc) is 2.79. The molecule has 0 spiro atoms. The molecule has 7 heteroatoms. The number of ether oxygens (including phenoxy) is 1. The molecule has 0 fully saturated rings. The third-order valence-electron chi connectivity index (χ3n) is 5.44. The van der Waals surface area contributed by atoms with Crippen LogP contribution < -0.4 is 14.4 Å². The highest BCUT2D eigenvalue weighted by Crippen LogP contribution is 2.22. The van der Waals surface area contributed by atoms with Gasteiger partial charge in [0.2, 0.25) is 10.0 Å². The third-order valence-corrected chi connectivity index (χ3v) is 6.65. The maximum atomic E-state index is 12.6. The maximum absolute atomic E-state index is 12.6. The minimum Gasteiger partial charge on any atom is -0.481 e. The second kappa shape index (κ2) is 10.5. The van der Waals surface area contributed by atoms with Crippen molar-refractivity contribution in [2.24, 2.45) is 0 Å². The SMILES string of the molecule is CC[C@@H](Oc1ccc(N(C)S(C)(=O)=O)cc1)C(=O)NCCCc1cccc2ccccc12. The Morgan fingerprint density at radius 3 is 2.41 bits per heavy atom. The first-order valence-electron chi connectivity index (χ1n) is 10.7. The normalized spacial score (nSPS) is 12.3. The molecule has 0 bridgehead atoms. The number of hydrogen-bond donors (Lipinski definition) is 1. The molecule has 0 aliphatic heterocycles. The van der Waals surface area contributed by atoms with E-state index in [1.54, 1.807) is 24.3 Å². The van der Waals surface area contributed by atoms with Crippen LogP contribution in [0.15, 0.2) is 66.7 Å². The van der Waals surface area contributed by atoms with Gasteiger partial charge in [-0.05, 0) is 59.9 Å². The van der Waals surface area contributed by atoms with Crippen molar-refractivity contribution in [1.82, 2.24) is 5.32 Å². The van der Waals surface area contributed by atoms with E-state index >= 15 is 0 Å². The Hall–Kier alpha value is -3.06. The van der Waals surface area contributed by atoms with E-state index in [4.69, 9.17) is 4.74 Å². The zero-order chi connectivity index (χ0) is 23.1. The van der Waals surface area contributed by atoms with E-state index in [0.717, 1.165) is 19.1 Å². The summed E-state index contributed by atoms with van der Waals surface area (Å²) in [6, 6.07) is 21.3. The minimum atomic E-state index is -3.33. The molecule has 1 amide bonds. The van der Waals surface area contributed by atoms with Gasteiger partial charge in [0.05, 0.1) is 11.9 Å².